The molecule has 0 unspecified atom stereocenters. The predicted molar refractivity (Wildman–Crippen MR) is 99.9 cm³/mol. The number of hydrogen-bond donors (Lipinski definition) is 0. The second kappa shape index (κ2) is 8.45. The minimum atomic E-state index is -0.376. The van der Waals surface area contributed by atoms with Crippen LogP contribution in [-0.2, 0) is 11.3 Å². The van der Waals surface area contributed by atoms with Crippen molar-refractivity contribution in [3.63, 3.8) is 0 Å². The van der Waals surface area contributed by atoms with E-state index in [1.807, 2.05) is 19.9 Å². The summed E-state index contributed by atoms with van der Waals surface area (Å²) in [6.45, 7) is 5.18. The maximum absolute atomic E-state index is 13.4. The van der Waals surface area contributed by atoms with Gasteiger partial charge in [-0.05, 0) is 48.5 Å². The van der Waals surface area contributed by atoms with Crippen molar-refractivity contribution >= 4 is 17.5 Å². The quantitative estimate of drug-likeness (QED) is 0.436. The zero-order valence-electron chi connectivity index (χ0n) is 15.3. The van der Waals surface area contributed by atoms with Crippen molar-refractivity contribution in [1.29, 1.82) is 0 Å². The summed E-state index contributed by atoms with van der Waals surface area (Å²) in [5.74, 6) is -0.200. The number of thioether (sulfide) groups is 1. The molecular formula is C18H20FN5O2S. The third-order valence-electron chi connectivity index (χ3n) is 4.22. The number of ketones is 1. The van der Waals surface area contributed by atoms with Crippen LogP contribution in [0.2, 0.25) is 0 Å². The number of methoxy groups -OCH3 is 1. The highest BCUT2D eigenvalue weighted by molar-refractivity contribution is 7.99. The zero-order chi connectivity index (χ0) is 19.4. The van der Waals surface area contributed by atoms with Gasteiger partial charge in [0, 0.05) is 30.6 Å². The molecule has 7 nitrogen and oxygen atoms in total. The van der Waals surface area contributed by atoms with Crippen molar-refractivity contribution in [2.45, 2.75) is 25.5 Å². The highest BCUT2D eigenvalue weighted by Crippen LogP contribution is 2.22. The molecule has 27 heavy (non-hydrogen) atoms. The third-order valence-corrected chi connectivity index (χ3v) is 5.14. The molecule has 2 heterocycles. The van der Waals surface area contributed by atoms with Crippen molar-refractivity contribution in [2.24, 2.45) is 0 Å². The van der Waals surface area contributed by atoms with E-state index >= 15 is 0 Å². The summed E-state index contributed by atoms with van der Waals surface area (Å²) in [5.41, 5.74) is 3.12. The van der Waals surface area contributed by atoms with Gasteiger partial charge >= 0.3 is 0 Å². The summed E-state index contributed by atoms with van der Waals surface area (Å²) >= 11 is 1.22. The molecule has 0 radical (unpaired) electrons. The van der Waals surface area contributed by atoms with Crippen LogP contribution in [0.25, 0.3) is 5.69 Å². The Morgan fingerprint density at radius 2 is 2.11 bits per heavy atom. The van der Waals surface area contributed by atoms with Crippen LogP contribution < -0.4 is 0 Å². The first-order valence-corrected chi connectivity index (χ1v) is 9.35. The van der Waals surface area contributed by atoms with Crippen LogP contribution in [0.15, 0.2) is 35.5 Å². The fourth-order valence-electron chi connectivity index (χ4n) is 2.86. The molecule has 0 amide bonds. The Bertz CT molecular complexity index is 953. The Morgan fingerprint density at radius 3 is 2.85 bits per heavy atom. The van der Waals surface area contributed by atoms with Gasteiger partial charge in [-0.1, -0.05) is 17.8 Å². The summed E-state index contributed by atoms with van der Waals surface area (Å²) in [7, 11) is 1.65. The molecule has 0 saturated heterocycles. The monoisotopic (exact) mass is 389 g/mol. The lowest BCUT2D eigenvalue weighted by Gasteiger charge is -2.08. The van der Waals surface area contributed by atoms with E-state index in [1.165, 1.54) is 28.6 Å². The molecule has 9 heteroatoms. The Balaban J connectivity index is 1.73. The number of Topliss-reactive ketones (excluding diaryl/α,β-unsaturated/α-hetero) is 1. The number of tetrazole rings is 1. The average Bonchev–Trinajstić information content (AvgIpc) is 3.23. The normalized spacial score (nSPS) is 11.1. The molecule has 0 bridgehead atoms. The van der Waals surface area contributed by atoms with Crippen LogP contribution >= 0.6 is 11.8 Å². The first kappa shape index (κ1) is 19.2. The SMILES string of the molecule is COCCn1c(C)cc(C(=O)CSc2nnnn2-c2cccc(F)c2)c1C. The Hall–Kier alpha value is -2.52. The number of carbonyl (C=O) groups excluding carboxylic acids is 1. The lowest BCUT2D eigenvalue weighted by atomic mass is 10.2. The van der Waals surface area contributed by atoms with Gasteiger partial charge in [0.25, 0.3) is 0 Å². The average molecular weight is 389 g/mol. The summed E-state index contributed by atoms with van der Waals surface area (Å²) in [6.07, 6.45) is 0. The van der Waals surface area contributed by atoms with Crippen molar-refractivity contribution in [3.05, 3.63) is 53.1 Å². The topological polar surface area (TPSA) is 74.8 Å². The molecule has 0 fully saturated rings. The van der Waals surface area contributed by atoms with Crippen molar-refractivity contribution in [2.75, 3.05) is 19.5 Å². The minimum Gasteiger partial charge on any atom is -0.383 e. The molecule has 0 aliphatic carbocycles. The Labute approximate surface area is 160 Å². The van der Waals surface area contributed by atoms with Gasteiger partial charge in [-0.3, -0.25) is 4.79 Å². The molecule has 0 atom stereocenters. The van der Waals surface area contributed by atoms with Gasteiger partial charge in [0.05, 0.1) is 18.0 Å². The lowest BCUT2D eigenvalue weighted by Crippen LogP contribution is -2.10. The van der Waals surface area contributed by atoms with Gasteiger partial charge in [0.2, 0.25) is 5.16 Å². The van der Waals surface area contributed by atoms with Gasteiger partial charge in [-0.15, -0.1) is 5.10 Å². The van der Waals surface area contributed by atoms with Crippen LogP contribution in [0.3, 0.4) is 0 Å². The number of benzene rings is 1. The van der Waals surface area contributed by atoms with Gasteiger partial charge in [-0.2, -0.15) is 4.68 Å². The number of aryl methyl sites for hydroxylation is 1. The second-order valence-corrected chi connectivity index (χ2v) is 6.94. The fourth-order valence-corrected chi connectivity index (χ4v) is 3.63. The van der Waals surface area contributed by atoms with E-state index in [2.05, 4.69) is 20.1 Å². The summed E-state index contributed by atoms with van der Waals surface area (Å²) < 4.78 is 22.1. The molecular weight excluding hydrogens is 369 g/mol. The molecule has 0 spiro atoms. The number of halogens is 1. The summed E-state index contributed by atoms with van der Waals surface area (Å²) in [4.78, 5) is 12.7. The zero-order valence-corrected chi connectivity index (χ0v) is 16.2. The van der Waals surface area contributed by atoms with E-state index in [4.69, 9.17) is 4.74 Å². The van der Waals surface area contributed by atoms with E-state index in [0.29, 0.717) is 29.6 Å². The van der Waals surface area contributed by atoms with Crippen LogP contribution in [0.4, 0.5) is 4.39 Å². The van der Waals surface area contributed by atoms with Gasteiger partial charge < -0.3 is 9.30 Å². The van der Waals surface area contributed by atoms with E-state index in [-0.39, 0.29) is 17.4 Å². The summed E-state index contributed by atoms with van der Waals surface area (Å²) in [6, 6.07) is 7.87. The van der Waals surface area contributed by atoms with Crippen molar-refractivity contribution in [3.8, 4) is 5.69 Å². The Kier molecular flexibility index (Phi) is 6.02. The third kappa shape index (κ3) is 4.25. The number of carbonyl (C=O) groups is 1. The smallest absolute Gasteiger partial charge is 0.214 e. The maximum atomic E-state index is 13.4. The molecule has 0 aliphatic rings. The van der Waals surface area contributed by atoms with Crippen LogP contribution in [0, 0.1) is 19.7 Å². The predicted octanol–water partition coefficient (Wildman–Crippen LogP) is 2.84. The first-order chi connectivity index (χ1) is 13.0. The van der Waals surface area contributed by atoms with Gasteiger partial charge in [-0.25, -0.2) is 4.39 Å². The number of ether oxygens (including phenoxy) is 1. The van der Waals surface area contributed by atoms with Crippen molar-refractivity contribution in [1.82, 2.24) is 24.8 Å². The molecule has 0 saturated carbocycles. The maximum Gasteiger partial charge on any atom is 0.214 e. The number of hydrogen-bond acceptors (Lipinski definition) is 6. The summed E-state index contributed by atoms with van der Waals surface area (Å²) in [5, 5.41) is 11.9. The lowest BCUT2D eigenvalue weighted by molar-refractivity contribution is 0.102. The molecule has 3 aromatic rings. The van der Waals surface area contributed by atoms with E-state index in [9.17, 15) is 9.18 Å². The highest BCUT2D eigenvalue weighted by Gasteiger charge is 2.18. The molecule has 2 aromatic heterocycles. The van der Waals surface area contributed by atoms with Gasteiger partial charge in [0.15, 0.2) is 5.78 Å². The largest absolute Gasteiger partial charge is 0.383 e. The molecule has 3 rings (SSSR count). The molecule has 0 aliphatic heterocycles. The number of aromatic nitrogens is 5. The van der Waals surface area contributed by atoms with E-state index in [1.54, 1.807) is 19.2 Å². The second-order valence-electron chi connectivity index (χ2n) is 5.99. The standard InChI is InChI=1S/C18H20FN5O2S/c1-12-9-16(13(2)23(12)7-8-26-3)17(25)11-27-18-20-21-22-24(18)15-6-4-5-14(19)10-15/h4-6,9-10H,7-8,11H2,1-3H3. The van der Waals surface area contributed by atoms with Crippen LogP contribution in [0.5, 0.6) is 0 Å². The van der Waals surface area contributed by atoms with E-state index < -0.39 is 0 Å². The molecule has 0 N–H and O–H groups in total. The van der Waals surface area contributed by atoms with E-state index in [0.717, 1.165) is 11.4 Å². The van der Waals surface area contributed by atoms with Crippen LogP contribution in [-0.4, -0.2) is 50.0 Å². The van der Waals surface area contributed by atoms with Crippen LogP contribution in [0.1, 0.15) is 21.7 Å². The molecule has 142 valence electrons. The minimum absolute atomic E-state index is 0.00874. The Morgan fingerprint density at radius 1 is 1.30 bits per heavy atom. The van der Waals surface area contributed by atoms with Crippen molar-refractivity contribution < 1.29 is 13.9 Å². The molecule has 1 aromatic carbocycles. The highest BCUT2D eigenvalue weighted by atomic mass is 32.2. The number of nitrogens with zero attached hydrogens (tertiary/aromatic N) is 5. The van der Waals surface area contributed by atoms with Gasteiger partial charge in [0.1, 0.15) is 5.82 Å². The first-order valence-electron chi connectivity index (χ1n) is 8.37. The number of rotatable bonds is 8. The fraction of sp³-hybridized carbons (Fsp3) is 0.333.